The lowest BCUT2D eigenvalue weighted by Crippen LogP contribution is -2.44. The number of pyridine rings is 2. The van der Waals surface area contributed by atoms with Crippen molar-refractivity contribution in [3.63, 3.8) is 0 Å². The van der Waals surface area contributed by atoms with Crippen molar-refractivity contribution in [3.05, 3.63) is 56.9 Å². The normalized spacial score (nSPS) is 26.7. The van der Waals surface area contributed by atoms with Crippen molar-refractivity contribution in [1.29, 1.82) is 0 Å². The first-order valence-corrected chi connectivity index (χ1v) is 11.4. The van der Waals surface area contributed by atoms with E-state index in [1.807, 2.05) is 12.1 Å². The van der Waals surface area contributed by atoms with E-state index < -0.39 is 11.6 Å². The lowest BCUT2D eigenvalue weighted by atomic mass is 9.86. The number of esters is 1. The molecule has 33 heavy (non-hydrogen) atoms. The van der Waals surface area contributed by atoms with Gasteiger partial charge in [-0.05, 0) is 43.5 Å². The standard InChI is InChI=1S/C25H22N2O6/c1-2-25(30)17-9-19-21-13(10-27(19)22(28)16(17)11-32-24(25)29)8-14-15-7-12-5-6-31-23(12)33-20(15)4-3-18(14)26-21/h3-4,8-9,12,23,30H,2,5-7,10-11H2,1H3/t12-,23-,25-/m0/s1. The van der Waals surface area contributed by atoms with Crippen molar-refractivity contribution in [2.75, 3.05) is 6.61 Å². The summed E-state index contributed by atoms with van der Waals surface area (Å²) in [7, 11) is 0. The predicted molar refractivity (Wildman–Crippen MR) is 117 cm³/mol. The molecule has 0 saturated carbocycles. The second-order valence-corrected chi connectivity index (χ2v) is 9.32. The molecule has 7 rings (SSSR count). The molecule has 0 bridgehead atoms. The molecule has 0 amide bonds. The summed E-state index contributed by atoms with van der Waals surface area (Å²) in [4.78, 5) is 30.6. The average Bonchev–Trinajstić information content (AvgIpc) is 3.43. The van der Waals surface area contributed by atoms with Crippen molar-refractivity contribution in [2.24, 2.45) is 5.92 Å². The van der Waals surface area contributed by atoms with E-state index in [2.05, 4.69) is 6.07 Å². The topological polar surface area (TPSA) is 99.9 Å². The molecule has 2 aromatic heterocycles. The number of carbonyl (C=O) groups excluding carboxylic acids is 1. The van der Waals surface area contributed by atoms with Crippen molar-refractivity contribution in [1.82, 2.24) is 9.55 Å². The Morgan fingerprint density at radius 2 is 2.12 bits per heavy atom. The molecule has 3 aromatic rings. The van der Waals surface area contributed by atoms with E-state index >= 15 is 0 Å². The largest absolute Gasteiger partial charge is 0.464 e. The fourth-order valence-electron chi connectivity index (χ4n) is 5.74. The SMILES string of the molecule is CC[C@@]1(O)C(=O)OCc2c1cc1n(c2=O)Cc2cc3c4c(ccc3nc2-1)O[C@@H]1OCC[C@H]1C4. The number of benzene rings is 1. The number of ether oxygens (including phenoxy) is 3. The summed E-state index contributed by atoms with van der Waals surface area (Å²) in [6.07, 6.45) is 1.81. The molecule has 4 aliphatic heterocycles. The van der Waals surface area contributed by atoms with Crippen LogP contribution in [0.25, 0.3) is 22.3 Å². The smallest absolute Gasteiger partial charge is 0.343 e. The molecule has 1 N–H and O–H groups in total. The summed E-state index contributed by atoms with van der Waals surface area (Å²) in [5.74, 6) is 0.457. The monoisotopic (exact) mass is 446 g/mol. The summed E-state index contributed by atoms with van der Waals surface area (Å²) in [5.41, 5.74) is 2.82. The molecule has 1 aromatic carbocycles. The molecule has 0 spiro atoms. The Kier molecular flexibility index (Phi) is 3.75. The number of hydrogen-bond acceptors (Lipinski definition) is 7. The molecule has 4 aliphatic rings. The van der Waals surface area contributed by atoms with Gasteiger partial charge in [0.15, 0.2) is 5.60 Å². The highest BCUT2D eigenvalue weighted by molar-refractivity contribution is 5.89. The fraction of sp³-hybridized carbons (Fsp3) is 0.400. The maximum absolute atomic E-state index is 13.3. The van der Waals surface area contributed by atoms with E-state index in [0.717, 1.165) is 40.6 Å². The first-order chi connectivity index (χ1) is 16.0. The van der Waals surface area contributed by atoms with Crippen molar-refractivity contribution in [3.8, 4) is 17.1 Å². The minimum atomic E-state index is -1.82. The van der Waals surface area contributed by atoms with Gasteiger partial charge in [0.1, 0.15) is 12.4 Å². The second kappa shape index (κ2) is 6.42. The van der Waals surface area contributed by atoms with E-state index in [9.17, 15) is 14.7 Å². The van der Waals surface area contributed by atoms with Gasteiger partial charge in [0, 0.05) is 28.0 Å². The third-order valence-corrected chi connectivity index (χ3v) is 7.63. The molecule has 0 aliphatic carbocycles. The summed E-state index contributed by atoms with van der Waals surface area (Å²) >= 11 is 0. The van der Waals surface area contributed by atoms with Crippen LogP contribution in [0.4, 0.5) is 0 Å². The van der Waals surface area contributed by atoms with Crippen LogP contribution in [0.1, 0.15) is 42.0 Å². The van der Waals surface area contributed by atoms with E-state index in [-0.39, 0.29) is 24.9 Å². The van der Waals surface area contributed by atoms with E-state index in [1.165, 1.54) is 0 Å². The molecule has 8 nitrogen and oxygen atoms in total. The molecule has 168 valence electrons. The number of fused-ring (bicyclic) bond motifs is 8. The van der Waals surface area contributed by atoms with Crippen LogP contribution in [0, 0.1) is 5.92 Å². The van der Waals surface area contributed by atoms with Crippen LogP contribution in [0.15, 0.2) is 29.1 Å². The van der Waals surface area contributed by atoms with E-state index in [4.69, 9.17) is 19.2 Å². The van der Waals surface area contributed by atoms with Crippen molar-refractivity contribution < 1.29 is 24.1 Å². The Morgan fingerprint density at radius 1 is 1.24 bits per heavy atom. The van der Waals surface area contributed by atoms with Gasteiger partial charge in [-0.2, -0.15) is 0 Å². The number of hydrogen-bond donors (Lipinski definition) is 1. The Balaban J connectivity index is 1.41. The van der Waals surface area contributed by atoms with Gasteiger partial charge in [0.25, 0.3) is 5.56 Å². The van der Waals surface area contributed by atoms with Gasteiger partial charge in [-0.1, -0.05) is 6.92 Å². The minimum absolute atomic E-state index is 0.123. The summed E-state index contributed by atoms with van der Waals surface area (Å²) in [6, 6.07) is 7.72. The van der Waals surface area contributed by atoms with Gasteiger partial charge >= 0.3 is 5.97 Å². The maximum atomic E-state index is 13.3. The molecular formula is C25H22N2O6. The average molecular weight is 446 g/mol. The third-order valence-electron chi connectivity index (χ3n) is 7.63. The van der Waals surface area contributed by atoms with Crippen LogP contribution >= 0.6 is 0 Å². The Labute approximate surface area is 188 Å². The van der Waals surface area contributed by atoms with Crippen LogP contribution in [-0.4, -0.2) is 33.5 Å². The van der Waals surface area contributed by atoms with Gasteiger partial charge in [0.2, 0.25) is 6.29 Å². The quantitative estimate of drug-likeness (QED) is 0.448. The first-order valence-electron chi connectivity index (χ1n) is 11.4. The zero-order valence-corrected chi connectivity index (χ0v) is 18.1. The van der Waals surface area contributed by atoms with Gasteiger partial charge in [-0.3, -0.25) is 4.79 Å². The van der Waals surface area contributed by atoms with Crippen LogP contribution in [0.3, 0.4) is 0 Å². The van der Waals surface area contributed by atoms with Crippen LogP contribution in [0.2, 0.25) is 0 Å². The number of rotatable bonds is 1. The molecule has 0 radical (unpaired) electrons. The highest BCUT2D eigenvalue weighted by Gasteiger charge is 2.45. The predicted octanol–water partition coefficient (Wildman–Crippen LogP) is 2.38. The zero-order valence-electron chi connectivity index (χ0n) is 18.1. The Bertz CT molecular complexity index is 1440. The third kappa shape index (κ3) is 2.45. The van der Waals surface area contributed by atoms with E-state index in [0.29, 0.717) is 41.6 Å². The number of nitrogens with zero attached hydrogens (tertiary/aromatic N) is 2. The van der Waals surface area contributed by atoms with Crippen LogP contribution in [-0.2, 0) is 39.4 Å². The van der Waals surface area contributed by atoms with Gasteiger partial charge < -0.3 is 23.9 Å². The molecule has 1 fully saturated rings. The molecular weight excluding hydrogens is 424 g/mol. The zero-order chi connectivity index (χ0) is 22.5. The minimum Gasteiger partial charge on any atom is -0.464 e. The van der Waals surface area contributed by atoms with Gasteiger partial charge in [-0.25, -0.2) is 9.78 Å². The van der Waals surface area contributed by atoms with Crippen LogP contribution < -0.4 is 10.3 Å². The van der Waals surface area contributed by atoms with Crippen molar-refractivity contribution >= 4 is 16.9 Å². The highest BCUT2D eigenvalue weighted by Crippen LogP contribution is 2.42. The lowest BCUT2D eigenvalue weighted by Gasteiger charge is -2.31. The van der Waals surface area contributed by atoms with Crippen molar-refractivity contribution in [2.45, 2.75) is 51.2 Å². The molecule has 0 unspecified atom stereocenters. The summed E-state index contributed by atoms with van der Waals surface area (Å²) < 4.78 is 18.6. The molecule has 6 heterocycles. The number of aliphatic hydroxyl groups is 1. The summed E-state index contributed by atoms with van der Waals surface area (Å²) in [5, 5.41) is 12.0. The second-order valence-electron chi connectivity index (χ2n) is 9.32. The summed E-state index contributed by atoms with van der Waals surface area (Å²) in [6.45, 7) is 2.68. The first kappa shape index (κ1) is 19.3. The number of cyclic esters (lactones) is 1. The number of aromatic nitrogens is 2. The Morgan fingerprint density at radius 3 is 2.97 bits per heavy atom. The van der Waals surface area contributed by atoms with Crippen LogP contribution in [0.5, 0.6) is 5.75 Å². The van der Waals surface area contributed by atoms with E-state index in [1.54, 1.807) is 17.6 Å². The Hall–Kier alpha value is -3.23. The van der Waals surface area contributed by atoms with Gasteiger partial charge in [0.05, 0.1) is 35.6 Å². The maximum Gasteiger partial charge on any atom is 0.343 e. The van der Waals surface area contributed by atoms with Gasteiger partial charge in [-0.15, -0.1) is 0 Å². The molecule has 1 saturated heterocycles. The number of carbonyl (C=O) groups is 1. The molecule has 3 atom stereocenters. The fourth-order valence-corrected chi connectivity index (χ4v) is 5.74. The lowest BCUT2D eigenvalue weighted by molar-refractivity contribution is -0.172. The highest BCUT2D eigenvalue weighted by atomic mass is 16.7. The molecule has 8 heteroatoms.